The first-order valence-electron chi connectivity index (χ1n) is 8.12. The van der Waals surface area contributed by atoms with Gasteiger partial charge in [0.1, 0.15) is 4.88 Å². The van der Waals surface area contributed by atoms with E-state index in [4.69, 9.17) is 0 Å². The van der Waals surface area contributed by atoms with Crippen LogP contribution in [0.1, 0.15) is 39.2 Å². The SMILES string of the molecule is CN1CCC(=C2c3ccccc3CSc3sc(C(=O)O)cc32)CC1.Cl. The van der Waals surface area contributed by atoms with E-state index in [0.717, 1.165) is 41.5 Å². The zero-order chi connectivity index (χ0) is 16.7. The predicted molar refractivity (Wildman–Crippen MR) is 107 cm³/mol. The van der Waals surface area contributed by atoms with E-state index in [1.807, 2.05) is 6.07 Å². The summed E-state index contributed by atoms with van der Waals surface area (Å²) in [5, 5.41) is 9.41. The minimum Gasteiger partial charge on any atom is -0.477 e. The summed E-state index contributed by atoms with van der Waals surface area (Å²) in [4.78, 5) is 14.3. The fourth-order valence-electron chi connectivity index (χ4n) is 3.46. The summed E-state index contributed by atoms with van der Waals surface area (Å²) < 4.78 is 1.14. The predicted octanol–water partition coefficient (Wildman–Crippen LogP) is 5.00. The van der Waals surface area contributed by atoms with Crippen molar-refractivity contribution in [3.63, 3.8) is 0 Å². The van der Waals surface area contributed by atoms with Crippen LogP contribution in [0.15, 0.2) is 40.1 Å². The van der Waals surface area contributed by atoms with Crippen LogP contribution in [0, 0.1) is 0 Å². The number of fused-ring (bicyclic) bond motifs is 2. The van der Waals surface area contributed by atoms with E-state index in [9.17, 15) is 9.90 Å². The summed E-state index contributed by atoms with van der Waals surface area (Å²) in [7, 11) is 2.16. The number of hydrogen-bond acceptors (Lipinski definition) is 4. The molecule has 1 aromatic carbocycles. The van der Waals surface area contributed by atoms with Crippen molar-refractivity contribution >= 4 is 47.0 Å². The number of aromatic carboxylic acids is 1. The second-order valence-electron chi connectivity index (χ2n) is 6.34. The lowest BCUT2D eigenvalue weighted by Crippen LogP contribution is -2.27. The summed E-state index contributed by atoms with van der Waals surface area (Å²) in [5.41, 5.74) is 6.54. The summed E-state index contributed by atoms with van der Waals surface area (Å²) in [6, 6.07) is 10.5. The van der Waals surface area contributed by atoms with Gasteiger partial charge in [-0.2, -0.15) is 0 Å². The molecule has 3 heterocycles. The Labute approximate surface area is 162 Å². The van der Waals surface area contributed by atoms with Gasteiger partial charge in [0.15, 0.2) is 0 Å². The van der Waals surface area contributed by atoms with Gasteiger partial charge in [0, 0.05) is 24.4 Å². The Morgan fingerprint density at radius 2 is 1.88 bits per heavy atom. The van der Waals surface area contributed by atoms with Crippen molar-refractivity contribution in [1.82, 2.24) is 4.90 Å². The molecule has 0 bridgehead atoms. The van der Waals surface area contributed by atoms with Crippen molar-refractivity contribution in [2.45, 2.75) is 22.8 Å². The highest BCUT2D eigenvalue weighted by molar-refractivity contribution is 8.00. The first kappa shape index (κ1) is 18.5. The Morgan fingerprint density at radius 1 is 1.16 bits per heavy atom. The Balaban J connectivity index is 0.00000182. The van der Waals surface area contributed by atoms with Gasteiger partial charge in [-0.25, -0.2) is 4.79 Å². The molecule has 0 aliphatic carbocycles. The zero-order valence-electron chi connectivity index (χ0n) is 13.9. The quantitative estimate of drug-likeness (QED) is 0.740. The van der Waals surface area contributed by atoms with Gasteiger partial charge in [0.2, 0.25) is 0 Å². The summed E-state index contributed by atoms with van der Waals surface area (Å²) >= 11 is 3.18. The first-order valence-corrected chi connectivity index (χ1v) is 9.93. The zero-order valence-corrected chi connectivity index (χ0v) is 16.4. The molecule has 2 aliphatic heterocycles. The lowest BCUT2D eigenvalue weighted by molar-refractivity contribution is 0.0702. The number of piperidine rings is 1. The maximum absolute atomic E-state index is 11.5. The van der Waals surface area contributed by atoms with Gasteiger partial charge < -0.3 is 10.0 Å². The molecule has 0 saturated carbocycles. The van der Waals surface area contributed by atoms with E-state index in [0.29, 0.717) is 4.88 Å². The lowest BCUT2D eigenvalue weighted by Gasteiger charge is -2.27. The maximum atomic E-state index is 11.5. The van der Waals surface area contributed by atoms with E-state index in [1.54, 1.807) is 11.8 Å². The number of halogens is 1. The number of nitrogens with zero attached hydrogens (tertiary/aromatic N) is 1. The highest BCUT2D eigenvalue weighted by Gasteiger charge is 2.26. The molecule has 25 heavy (non-hydrogen) atoms. The van der Waals surface area contributed by atoms with Crippen molar-refractivity contribution in [2.75, 3.05) is 20.1 Å². The standard InChI is InChI=1S/C19H19NO2S2.ClH/c1-20-8-6-12(7-9-20)17-14-5-3-2-4-13(14)11-23-19-15(17)10-16(24-19)18(21)22;/h2-5,10H,6-9,11H2,1H3,(H,21,22);1H. The third-order valence-electron chi connectivity index (χ3n) is 4.77. The Kier molecular flexibility index (Phi) is 5.58. The fraction of sp³-hybridized carbons (Fsp3) is 0.316. The largest absolute Gasteiger partial charge is 0.477 e. The molecule has 1 saturated heterocycles. The fourth-order valence-corrected chi connectivity index (χ4v) is 5.73. The van der Waals surface area contributed by atoms with Gasteiger partial charge in [-0.15, -0.1) is 35.5 Å². The number of benzene rings is 1. The molecule has 2 aliphatic rings. The van der Waals surface area contributed by atoms with Crippen LogP contribution in [0.25, 0.3) is 5.57 Å². The molecule has 1 aromatic heterocycles. The van der Waals surface area contributed by atoms with Crippen LogP contribution >= 0.6 is 35.5 Å². The molecular formula is C19H20ClNO2S2. The third kappa shape index (κ3) is 3.51. The Bertz CT molecular complexity index is 834. The minimum absolute atomic E-state index is 0. The van der Waals surface area contributed by atoms with Crippen LogP contribution in [-0.4, -0.2) is 36.1 Å². The molecule has 1 fully saturated rings. The van der Waals surface area contributed by atoms with Crippen LogP contribution in [0.5, 0.6) is 0 Å². The van der Waals surface area contributed by atoms with Gasteiger partial charge in [-0.3, -0.25) is 0 Å². The monoisotopic (exact) mass is 393 g/mol. The van der Waals surface area contributed by atoms with Crippen molar-refractivity contribution in [2.24, 2.45) is 0 Å². The number of carboxylic acid groups (broad SMARTS) is 1. The van der Waals surface area contributed by atoms with E-state index in [2.05, 4.69) is 36.2 Å². The number of carbonyl (C=O) groups is 1. The van der Waals surface area contributed by atoms with Gasteiger partial charge in [0.05, 0.1) is 4.21 Å². The van der Waals surface area contributed by atoms with Crippen LogP contribution in [0.3, 0.4) is 0 Å². The first-order chi connectivity index (χ1) is 11.6. The minimum atomic E-state index is -0.824. The van der Waals surface area contributed by atoms with Crippen LogP contribution in [0.4, 0.5) is 0 Å². The number of hydrogen-bond donors (Lipinski definition) is 1. The van der Waals surface area contributed by atoms with Gasteiger partial charge in [-0.05, 0) is 42.7 Å². The van der Waals surface area contributed by atoms with E-state index in [-0.39, 0.29) is 12.4 Å². The average Bonchev–Trinajstić information content (AvgIpc) is 2.94. The number of rotatable bonds is 1. The average molecular weight is 394 g/mol. The molecule has 0 unspecified atom stereocenters. The maximum Gasteiger partial charge on any atom is 0.345 e. The van der Waals surface area contributed by atoms with E-state index >= 15 is 0 Å². The van der Waals surface area contributed by atoms with Gasteiger partial charge >= 0.3 is 5.97 Å². The number of carboxylic acids is 1. The second-order valence-corrected chi connectivity index (χ2v) is 8.64. The van der Waals surface area contributed by atoms with E-state index < -0.39 is 5.97 Å². The highest BCUT2D eigenvalue weighted by atomic mass is 35.5. The van der Waals surface area contributed by atoms with Gasteiger partial charge in [0.25, 0.3) is 0 Å². The van der Waals surface area contributed by atoms with Crippen LogP contribution in [-0.2, 0) is 5.75 Å². The molecule has 4 rings (SSSR count). The highest BCUT2D eigenvalue weighted by Crippen LogP contribution is 2.46. The third-order valence-corrected chi connectivity index (χ3v) is 7.23. The number of thiophene rings is 1. The summed E-state index contributed by atoms with van der Waals surface area (Å²) in [6.07, 6.45) is 2.12. The van der Waals surface area contributed by atoms with E-state index in [1.165, 1.54) is 33.6 Å². The molecule has 0 amide bonds. The number of thioether (sulfide) groups is 1. The molecule has 1 N–H and O–H groups in total. The number of likely N-dealkylation sites (tertiary alicyclic amines) is 1. The van der Waals surface area contributed by atoms with Crippen LogP contribution in [0.2, 0.25) is 0 Å². The Morgan fingerprint density at radius 3 is 2.60 bits per heavy atom. The molecule has 0 atom stereocenters. The normalized spacial score (nSPS) is 17.3. The topological polar surface area (TPSA) is 40.5 Å². The van der Waals surface area contributed by atoms with Crippen molar-refractivity contribution in [3.05, 3.63) is 57.5 Å². The van der Waals surface area contributed by atoms with Gasteiger partial charge in [-0.1, -0.05) is 29.8 Å². The molecule has 0 radical (unpaired) electrons. The second kappa shape index (κ2) is 7.54. The smallest absolute Gasteiger partial charge is 0.345 e. The molecule has 6 heteroatoms. The molecule has 0 spiro atoms. The summed E-state index contributed by atoms with van der Waals surface area (Å²) in [5.74, 6) is 0.0778. The van der Waals surface area contributed by atoms with Crippen molar-refractivity contribution in [3.8, 4) is 0 Å². The molecule has 3 nitrogen and oxygen atoms in total. The molecular weight excluding hydrogens is 374 g/mol. The molecule has 132 valence electrons. The van der Waals surface area contributed by atoms with Crippen molar-refractivity contribution < 1.29 is 9.90 Å². The molecule has 2 aromatic rings. The lowest BCUT2D eigenvalue weighted by atomic mass is 9.87. The van der Waals surface area contributed by atoms with Crippen LogP contribution < -0.4 is 0 Å². The summed E-state index contributed by atoms with van der Waals surface area (Å²) in [6.45, 7) is 2.14. The Hall–Kier alpha value is -1.27. The van der Waals surface area contributed by atoms with Crippen molar-refractivity contribution in [1.29, 1.82) is 0 Å².